The molecule has 0 unspecified atom stereocenters. The first-order valence-electron chi connectivity index (χ1n) is 9.66. The number of benzene rings is 1. The van der Waals surface area contributed by atoms with Crippen LogP contribution in [-0.2, 0) is 29.3 Å². The zero-order chi connectivity index (χ0) is 24.8. The standard InChI is InChI=1S/C20H25N3O7S3/c1-6-29-20(26)19(25)23(21-33(27,28)22(4)5)16-9-10-18(31-16)32-17(24)12-30-15-8-7-13(2)11-14(15)3/h7-11,21H,6,12H2,1-5H3. The van der Waals surface area contributed by atoms with Crippen molar-refractivity contribution in [3.05, 3.63) is 41.5 Å². The molecule has 180 valence electrons. The Morgan fingerprint density at radius 1 is 1.12 bits per heavy atom. The number of thiophene rings is 1. The van der Waals surface area contributed by atoms with Gasteiger partial charge in [-0.05, 0) is 56.3 Å². The van der Waals surface area contributed by atoms with Gasteiger partial charge < -0.3 is 9.47 Å². The zero-order valence-electron chi connectivity index (χ0n) is 18.8. The van der Waals surface area contributed by atoms with Gasteiger partial charge in [0.25, 0.3) is 10.2 Å². The fourth-order valence-electron chi connectivity index (χ4n) is 2.39. The van der Waals surface area contributed by atoms with Crippen molar-refractivity contribution < 1.29 is 32.3 Å². The predicted octanol–water partition coefficient (Wildman–Crippen LogP) is 2.27. The second-order valence-corrected chi connectivity index (χ2v) is 11.1. The van der Waals surface area contributed by atoms with Gasteiger partial charge in [-0.2, -0.15) is 12.7 Å². The number of nitrogens with one attached hydrogen (secondary N) is 1. The second kappa shape index (κ2) is 11.6. The quantitative estimate of drug-likeness (QED) is 0.234. The highest BCUT2D eigenvalue weighted by Crippen LogP contribution is 2.33. The molecule has 0 spiro atoms. The normalized spacial score (nSPS) is 11.3. The molecule has 2 rings (SSSR count). The fraction of sp³-hybridized carbons (Fsp3) is 0.350. The largest absolute Gasteiger partial charge is 0.485 e. The first-order valence-corrected chi connectivity index (χ1v) is 12.7. The Labute approximate surface area is 201 Å². The first kappa shape index (κ1) is 26.8. The Hall–Kier alpha value is -2.45. The number of thioether (sulfide) groups is 1. The maximum Gasteiger partial charge on any atom is 0.398 e. The average molecular weight is 516 g/mol. The molecule has 0 radical (unpaired) electrons. The lowest BCUT2D eigenvalue weighted by atomic mass is 10.1. The summed E-state index contributed by atoms with van der Waals surface area (Å²) in [6.45, 7) is 5.13. The summed E-state index contributed by atoms with van der Waals surface area (Å²) in [6, 6.07) is 8.58. The van der Waals surface area contributed by atoms with Gasteiger partial charge in [0.1, 0.15) is 10.8 Å². The SMILES string of the molecule is CCOC(=O)C(=O)N(NS(=O)(=O)N(C)C)c1ccc(SC(=O)COc2ccc(C)cc2C)s1. The van der Waals surface area contributed by atoms with Crippen LogP contribution in [0.3, 0.4) is 0 Å². The van der Waals surface area contributed by atoms with Crippen molar-refractivity contribution in [1.29, 1.82) is 0 Å². The second-order valence-electron chi connectivity index (χ2n) is 6.86. The molecule has 0 aliphatic carbocycles. The minimum absolute atomic E-state index is 0.0562. The highest BCUT2D eigenvalue weighted by molar-refractivity contribution is 8.15. The van der Waals surface area contributed by atoms with Gasteiger partial charge in [-0.25, -0.2) is 9.80 Å². The minimum atomic E-state index is -4.11. The van der Waals surface area contributed by atoms with Crippen molar-refractivity contribution in [3.63, 3.8) is 0 Å². The summed E-state index contributed by atoms with van der Waals surface area (Å²) in [5, 5.41) is 0.378. The van der Waals surface area contributed by atoms with E-state index in [0.717, 1.165) is 38.5 Å². The molecular weight excluding hydrogens is 490 g/mol. The van der Waals surface area contributed by atoms with Gasteiger partial charge in [0.05, 0.1) is 10.8 Å². The summed E-state index contributed by atoms with van der Waals surface area (Å²) in [5.74, 6) is -1.84. The number of hydrazine groups is 1. The molecule has 2 aromatic rings. The lowest BCUT2D eigenvalue weighted by molar-refractivity contribution is -0.153. The van der Waals surface area contributed by atoms with E-state index in [0.29, 0.717) is 15.0 Å². The van der Waals surface area contributed by atoms with E-state index in [2.05, 4.69) is 0 Å². The Balaban J connectivity index is 2.14. The first-order chi connectivity index (χ1) is 15.4. The minimum Gasteiger partial charge on any atom is -0.485 e. The lowest BCUT2D eigenvalue weighted by Gasteiger charge is -2.22. The van der Waals surface area contributed by atoms with Gasteiger partial charge in [0.2, 0.25) is 5.12 Å². The van der Waals surface area contributed by atoms with Crippen LogP contribution in [0.25, 0.3) is 0 Å². The van der Waals surface area contributed by atoms with Crippen molar-refractivity contribution >= 4 is 55.3 Å². The predicted molar refractivity (Wildman–Crippen MR) is 126 cm³/mol. The van der Waals surface area contributed by atoms with Crippen LogP contribution in [0.15, 0.2) is 34.5 Å². The van der Waals surface area contributed by atoms with Crippen molar-refractivity contribution in [2.45, 2.75) is 25.0 Å². The summed E-state index contributed by atoms with van der Waals surface area (Å²) in [5.41, 5.74) is 1.99. The van der Waals surface area contributed by atoms with E-state index >= 15 is 0 Å². The molecule has 0 bridgehead atoms. The van der Waals surface area contributed by atoms with Crippen LogP contribution in [0.4, 0.5) is 5.00 Å². The van der Waals surface area contributed by atoms with Crippen LogP contribution in [-0.4, -0.2) is 57.0 Å². The summed E-state index contributed by atoms with van der Waals surface area (Å²) >= 11 is 1.83. The number of aryl methyl sites for hydroxylation is 2. The van der Waals surface area contributed by atoms with Gasteiger partial charge in [-0.15, -0.1) is 16.2 Å². The van der Waals surface area contributed by atoms with Crippen molar-refractivity contribution in [3.8, 4) is 5.75 Å². The summed E-state index contributed by atoms with van der Waals surface area (Å²) in [7, 11) is -1.58. The van der Waals surface area contributed by atoms with E-state index in [1.807, 2.05) is 30.8 Å². The van der Waals surface area contributed by atoms with E-state index in [4.69, 9.17) is 9.47 Å². The van der Waals surface area contributed by atoms with Gasteiger partial charge in [-0.1, -0.05) is 17.7 Å². The Morgan fingerprint density at radius 3 is 2.42 bits per heavy atom. The van der Waals surface area contributed by atoms with E-state index in [1.54, 1.807) is 6.07 Å². The van der Waals surface area contributed by atoms with E-state index in [9.17, 15) is 22.8 Å². The molecule has 0 fully saturated rings. The zero-order valence-corrected chi connectivity index (χ0v) is 21.2. The molecular formula is C20H25N3O7S3. The summed E-state index contributed by atoms with van der Waals surface area (Å²) in [4.78, 5) is 38.8. The van der Waals surface area contributed by atoms with Gasteiger partial charge in [-0.3, -0.25) is 9.59 Å². The molecule has 10 nitrogen and oxygen atoms in total. The molecule has 0 saturated carbocycles. The van der Waals surface area contributed by atoms with E-state index in [1.165, 1.54) is 33.2 Å². The van der Waals surface area contributed by atoms with Crippen molar-refractivity contribution in [2.75, 3.05) is 32.3 Å². The molecule has 1 amide bonds. The van der Waals surface area contributed by atoms with Gasteiger partial charge >= 0.3 is 11.9 Å². The van der Waals surface area contributed by atoms with E-state index < -0.39 is 22.1 Å². The number of rotatable bonds is 9. The number of carbonyl (C=O) groups is 3. The third-order valence-corrected chi connectivity index (χ3v) is 7.44. The van der Waals surface area contributed by atoms with Crippen LogP contribution in [0.5, 0.6) is 5.75 Å². The monoisotopic (exact) mass is 515 g/mol. The number of ether oxygens (including phenoxy) is 2. The Kier molecular flexibility index (Phi) is 9.43. The number of esters is 1. The molecule has 1 heterocycles. The van der Waals surface area contributed by atoms with Crippen molar-refractivity contribution in [2.24, 2.45) is 0 Å². The molecule has 0 atom stereocenters. The molecule has 33 heavy (non-hydrogen) atoms. The number of anilines is 1. The number of amides is 1. The fourth-order valence-corrected chi connectivity index (χ4v) is 4.90. The van der Waals surface area contributed by atoms with Crippen molar-refractivity contribution in [1.82, 2.24) is 9.14 Å². The highest BCUT2D eigenvalue weighted by Gasteiger charge is 2.31. The topological polar surface area (TPSA) is 122 Å². The molecule has 1 aromatic carbocycles. The van der Waals surface area contributed by atoms with Crippen LogP contribution < -0.4 is 14.6 Å². The number of hydrogen-bond donors (Lipinski definition) is 1. The molecule has 0 saturated heterocycles. The lowest BCUT2D eigenvalue weighted by Crippen LogP contribution is -2.52. The van der Waals surface area contributed by atoms with Gasteiger partial charge in [0, 0.05) is 14.1 Å². The number of nitrogens with zero attached hydrogens (tertiary/aromatic N) is 2. The van der Waals surface area contributed by atoms with Crippen LogP contribution in [0, 0.1) is 13.8 Å². The third kappa shape index (κ3) is 7.54. The van der Waals surface area contributed by atoms with Gasteiger partial charge in [0.15, 0.2) is 6.61 Å². The summed E-state index contributed by atoms with van der Waals surface area (Å²) in [6.07, 6.45) is 0. The van der Waals surface area contributed by atoms with Crippen LogP contribution in [0.1, 0.15) is 18.1 Å². The van der Waals surface area contributed by atoms with E-state index in [-0.39, 0.29) is 23.3 Å². The smallest absolute Gasteiger partial charge is 0.398 e. The van der Waals surface area contributed by atoms with Crippen LogP contribution >= 0.6 is 23.1 Å². The molecule has 0 aliphatic heterocycles. The molecule has 0 aliphatic rings. The average Bonchev–Trinajstić information content (AvgIpc) is 3.19. The number of carbonyl (C=O) groups excluding carboxylic acids is 3. The maximum atomic E-state index is 12.5. The maximum absolute atomic E-state index is 12.5. The molecule has 1 aromatic heterocycles. The summed E-state index contributed by atoms with van der Waals surface area (Å²) < 4.78 is 36.1. The highest BCUT2D eigenvalue weighted by atomic mass is 32.2. The third-order valence-electron chi connectivity index (χ3n) is 4.02. The van der Waals surface area contributed by atoms with Crippen LogP contribution in [0.2, 0.25) is 0 Å². The number of hydrogen-bond acceptors (Lipinski definition) is 9. The Bertz CT molecular complexity index is 1130. The molecule has 1 N–H and O–H groups in total. The molecule has 13 heteroatoms. The Morgan fingerprint density at radius 2 is 1.82 bits per heavy atom.